The van der Waals surface area contributed by atoms with Gasteiger partial charge in [-0.2, -0.15) is 18.3 Å². The zero-order valence-electron chi connectivity index (χ0n) is 11.9. The van der Waals surface area contributed by atoms with Crippen molar-refractivity contribution in [2.45, 2.75) is 25.2 Å². The minimum absolute atomic E-state index is 0.00686. The van der Waals surface area contributed by atoms with Crippen LogP contribution < -0.4 is 5.32 Å². The summed E-state index contributed by atoms with van der Waals surface area (Å²) in [5, 5.41) is 7.29. The molecule has 122 valence electrons. The Bertz CT molecular complexity index is 426. The second-order valence-corrected chi connectivity index (χ2v) is 5.25. The highest BCUT2D eigenvalue weighted by Gasteiger charge is 2.27. The monoisotopic (exact) mass is 373 g/mol. The average molecular weight is 374 g/mol. The van der Waals surface area contributed by atoms with E-state index in [1.54, 1.807) is 25.0 Å². The first kappa shape index (κ1) is 18.4. The van der Waals surface area contributed by atoms with Crippen molar-refractivity contribution in [1.82, 2.24) is 15.1 Å². The van der Waals surface area contributed by atoms with Crippen molar-refractivity contribution >= 4 is 15.9 Å². The van der Waals surface area contributed by atoms with E-state index < -0.39 is 12.8 Å². The van der Waals surface area contributed by atoms with Crippen molar-refractivity contribution in [3.05, 3.63) is 16.4 Å². The summed E-state index contributed by atoms with van der Waals surface area (Å²) in [5.74, 6) is 0. The van der Waals surface area contributed by atoms with Crippen LogP contribution in [0.25, 0.3) is 0 Å². The molecule has 0 aromatic carbocycles. The average Bonchev–Trinajstić information content (AvgIpc) is 2.77. The van der Waals surface area contributed by atoms with Gasteiger partial charge in [-0.25, -0.2) is 0 Å². The van der Waals surface area contributed by atoms with E-state index in [0.29, 0.717) is 19.6 Å². The lowest BCUT2D eigenvalue weighted by molar-refractivity contribution is -0.174. The largest absolute Gasteiger partial charge is 0.411 e. The number of nitrogens with zero attached hydrogens (tertiary/aromatic N) is 2. The summed E-state index contributed by atoms with van der Waals surface area (Å²) in [6, 6.07) is -0.160. The molecule has 1 atom stereocenters. The van der Waals surface area contributed by atoms with E-state index in [1.807, 2.05) is 0 Å². The highest BCUT2D eigenvalue weighted by molar-refractivity contribution is 9.10. The first-order chi connectivity index (χ1) is 9.89. The Morgan fingerprint density at radius 2 is 2.14 bits per heavy atom. The van der Waals surface area contributed by atoms with Crippen LogP contribution in [-0.4, -0.2) is 49.9 Å². The predicted octanol–water partition coefficient (Wildman–Crippen LogP) is 2.52. The van der Waals surface area contributed by atoms with Crippen LogP contribution in [0.4, 0.5) is 13.2 Å². The number of halogens is 4. The number of hydrogen-bond donors (Lipinski definition) is 1. The van der Waals surface area contributed by atoms with E-state index in [-0.39, 0.29) is 12.6 Å². The molecule has 21 heavy (non-hydrogen) atoms. The van der Waals surface area contributed by atoms with Crippen molar-refractivity contribution < 1.29 is 22.6 Å². The highest BCUT2D eigenvalue weighted by atomic mass is 79.9. The maximum atomic E-state index is 12.0. The molecule has 0 radical (unpaired) electrons. The summed E-state index contributed by atoms with van der Waals surface area (Å²) >= 11 is 3.41. The van der Waals surface area contributed by atoms with Gasteiger partial charge in [-0.1, -0.05) is 0 Å². The minimum atomic E-state index is -4.30. The SMILES string of the molecule is CNC(CCOCC(F)(F)F)c1c(Br)cnn1CCOC. The third kappa shape index (κ3) is 6.33. The van der Waals surface area contributed by atoms with Crippen LogP contribution in [0.15, 0.2) is 10.7 Å². The summed E-state index contributed by atoms with van der Waals surface area (Å²) in [7, 11) is 3.34. The van der Waals surface area contributed by atoms with Crippen molar-refractivity contribution in [2.75, 3.05) is 34.0 Å². The number of methoxy groups -OCH3 is 1. The number of nitrogens with one attached hydrogen (secondary N) is 1. The molecular weight excluding hydrogens is 355 g/mol. The fraction of sp³-hybridized carbons (Fsp3) is 0.750. The zero-order chi connectivity index (χ0) is 15.9. The second-order valence-electron chi connectivity index (χ2n) is 4.39. The maximum Gasteiger partial charge on any atom is 0.411 e. The summed E-state index contributed by atoms with van der Waals surface area (Å²) < 4.78 is 48.3. The van der Waals surface area contributed by atoms with Crippen LogP contribution in [0.2, 0.25) is 0 Å². The molecule has 0 amide bonds. The lowest BCUT2D eigenvalue weighted by Gasteiger charge is -2.19. The Labute approximate surface area is 129 Å². The first-order valence-corrected chi connectivity index (χ1v) is 7.20. The number of ether oxygens (including phenoxy) is 2. The van der Waals surface area contributed by atoms with E-state index in [0.717, 1.165) is 10.2 Å². The molecule has 0 bridgehead atoms. The quantitative estimate of drug-likeness (QED) is 0.675. The van der Waals surface area contributed by atoms with E-state index in [2.05, 4.69) is 31.1 Å². The van der Waals surface area contributed by atoms with E-state index in [1.165, 1.54) is 0 Å². The molecular formula is C12H19BrF3N3O2. The molecule has 0 aliphatic carbocycles. The van der Waals surface area contributed by atoms with Crippen molar-refractivity contribution in [3.63, 3.8) is 0 Å². The van der Waals surface area contributed by atoms with E-state index in [4.69, 9.17) is 4.74 Å². The van der Waals surface area contributed by atoms with Crippen molar-refractivity contribution in [2.24, 2.45) is 0 Å². The molecule has 0 fully saturated rings. The van der Waals surface area contributed by atoms with Crippen molar-refractivity contribution in [3.8, 4) is 0 Å². The fourth-order valence-electron chi connectivity index (χ4n) is 1.88. The minimum Gasteiger partial charge on any atom is -0.383 e. The molecule has 0 saturated carbocycles. The summed E-state index contributed by atoms with van der Waals surface area (Å²) in [5.41, 5.74) is 0.866. The maximum absolute atomic E-state index is 12.0. The molecule has 1 rings (SSSR count). The van der Waals surface area contributed by atoms with Crippen molar-refractivity contribution in [1.29, 1.82) is 0 Å². The normalized spacial score (nSPS) is 13.6. The van der Waals surface area contributed by atoms with Gasteiger partial charge in [-0.05, 0) is 29.4 Å². The summed E-state index contributed by atoms with van der Waals surface area (Å²) in [6.45, 7) is -0.151. The Morgan fingerprint density at radius 3 is 2.71 bits per heavy atom. The van der Waals surface area contributed by atoms with Gasteiger partial charge in [0.25, 0.3) is 0 Å². The van der Waals surface area contributed by atoms with Gasteiger partial charge < -0.3 is 14.8 Å². The highest BCUT2D eigenvalue weighted by Crippen LogP contribution is 2.25. The molecule has 0 saturated heterocycles. The van der Waals surface area contributed by atoms with Crippen LogP contribution in [0.5, 0.6) is 0 Å². The molecule has 1 aromatic heterocycles. The summed E-state index contributed by atoms with van der Waals surface area (Å²) in [6.07, 6.45) is -2.23. The molecule has 0 spiro atoms. The van der Waals surface area contributed by atoms with Gasteiger partial charge >= 0.3 is 6.18 Å². The molecule has 0 aliphatic heterocycles. The van der Waals surface area contributed by atoms with Gasteiger partial charge in [0, 0.05) is 13.7 Å². The van der Waals surface area contributed by atoms with Gasteiger partial charge in [0.1, 0.15) is 6.61 Å². The first-order valence-electron chi connectivity index (χ1n) is 6.41. The molecule has 1 N–H and O–H groups in total. The lowest BCUT2D eigenvalue weighted by atomic mass is 10.1. The second kappa shape index (κ2) is 8.72. The zero-order valence-corrected chi connectivity index (χ0v) is 13.5. The molecule has 1 heterocycles. The Morgan fingerprint density at radius 1 is 1.43 bits per heavy atom. The van der Waals surface area contributed by atoms with E-state index >= 15 is 0 Å². The Hall–Kier alpha value is -0.640. The van der Waals surface area contributed by atoms with Gasteiger partial charge in [0.05, 0.1) is 35.6 Å². The Kier molecular flexibility index (Phi) is 7.64. The number of alkyl halides is 3. The van der Waals surface area contributed by atoms with Gasteiger partial charge in [-0.3, -0.25) is 4.68 Å². The van der Waals surface area contributed by atoms with Gasteiger partial charge in [0.2, 0.25) is 0 Å². The van der Waals surface area contributed by atoms with E-state index in [9.17, 15) is 13.2 Å². The summed E-state index contributed by atoms with van der Waals surface area (Å²) in [4.78, 5) is 0. The Balaban J connectivity index is 2.61. The molecule has 9 heteroatoms. The smallest absolute Gasteiger partial charge is 0.383 e. The third-order valence-electron chi connectivity index (χ3n) is 2.84. The molecule has 0 aliphatic rings. The van der Waals surface area contributed by atoms with Gasteiger partial charge in [-0.15, -0.1) is 0 Å². The van der Waals surface area contributed by atoms with Gasteiger partial charge in [0.15, 0.2) is 0 Å². The van der Waals surface area contributed by atoms with Crippen LogP contribution in [0.3, 0.4) is 0 Å². The topological polar surface area (TPSA) is 48.3 Å². The third-order valence-corrected chi connectivity index (χ3v) is 3.45. The number of aromatic nitrogens is 2. The lowest BCUT2D eigenvalue weighted by Crippen LogP contribution is -2.24. The van der Waals surface area contributed by atoms with Crippen LogP contribution in [0.1, 0.15) is 18.2 Å². The number of hydrogen-bond acceptors (Lipinski definition) is 4. The predicted molar refractivity (Wildman–Crippen MR) is 75.1 cm³/mol. The van der Waals surface area contributed by atoms with Crippen LogP contribution in [-0.2, 0) is 16.0 Å². The number of rotatable bonds is 9. The van der Waals surface area contributed by atoms with Crippen LogP contribution >= 0.6 is 15.9 Å². The molecule has 1 unspecified atom stereocenters. The fourth-order valence-corrected chi connectivity index (χ4v) is 2.45. The molecule has 1 aromatic rings. The molecule has 5 nitrogen and oxygen atoms in total. The van der Waals surface area contributed by atoms with Crippen LogP contribution in [0, 0.1) is 0 Å². The standard InChI is InChI=1S/C12H19BrF3N3O2/c1-17-10(3-5-21-8-12(14,15)16)11-9(13)7-18-19(11)4-6-20-2/h7,10,17H,3-6,8H2,1-2H3.